The molecule has 0 N–H and O–H groups in total. The van der Waals surface area contributed by atoms with E-state index in [9.17, 15) is 4.79 Å². The zero-order valence-corrected chi connectivity index (χ0v) is 13.4. The molecule has 1 aliphatic rings. The molecule has 3 rings (SSSR count). The SMILES string of the molecule is C=C(OCC)c1ccnc2c1N(C)c1c(C=O)ccnc1N2C. The Kier molecular flexibility index (Phi) is 3.73. The number of rotatable bonds is 4. The van der Waals surface area contributed by atoms with Crippen molar-refractivity contribution in [3.8, 4) is 0 Å². The second-order valence-electron chi connectivity index (χ2n) is 5.20. The van der Waals surface area contributed by atoms with Gasteiger partial charge < -0.3 is 14.5 Å². The lowest BCUT2D eigenvalue weighted by atomic mass is 10.1. The lowest BCUT2D eigenvalue weighted by Crippen LogP contribution is -2.28. The third kappa shape index (κ3) is 2.23. The van der Waals surface area contributed by atoms with E-state index in [1.165, 1.54) is 0 Å². The molecule has 0 saturated carbocycles. The molecule has 0 radical (unpaired) electrons. The fraction of sp³-hybridized carbons (Fsp3) is 0.235. The van der Waals surface area contributed by atoms with Gasteiger partial charge in [0.25, 0.3) is 0 Å². The number of fused-ring (bicyclic) bond motifs is 2. The normalized spacial score (nSPS) is 12.5. The Morgan fingerprint density at radius 1 is 1.17 bits per heavy atom. The van der Waals surface area contributed by atoms with Gasteiger partial charge in [-0.25, -0.2) is 9.97 Å². The lowest BCUT2D eigenvalue weighted by molar-refractivity contribution is 0.112. The van der Waals surface area contributed by atoms with Gasteiger partial charge in [0.05, 0.1) is 18.0 Å². The van der Waals surface area contributed by atoms with E-state index < -0.39 is 0 Å². The molecule has 6 nitrogen and oxygen atoms in total. The van der Waals surface area contributed by atoms with E-state index in [4.69, 9.17) is 4.74 Å². The highest BCUT2D eigenvalue weighted by Gasteiger charge is 2.31. The molecule has 0 spiro atoms. The van der Waals surface area contributed by atoms with Crippen molar-refractivity contribution in [2.75, 3.05) is 30.5 Å². The van der Waals surface area contributed by atoms with Gasteiger partial charge in [0, 0.05) is 37.6 Å². The van der Waals surface area contributed by atoms with Crippen LogP contribution in [0.2, 0.25) is 0 Å². The summed E-state index contributed by atoms with van der Waals surface area (Å²) in [4.78, 5) is 24.1. The third-order valence-electron chi connectivity index (χ3n) is 3.89. The van der Waals surface area contributed by atoms with E-state index in [1.807, 2.05) is 36.9 Å². The topological polar surface area (TPSA) is 58.6 Å². The summed E-state index contributed by atoms with van der Waals surface area (Å²) < 4.78 is 5.57. The van der Waals surface area contributed by atoms with Gasteiger partial charge in [-0.15, -0.1) is 0 Å². The fourth-order valence-corrected chi connectivity index (χ4v) is 2.85. The molecule has 0 aliphatic carbocycles. The zero-order chi connectivity index (χ0) is 16.6. The van der Waals surface area contributed by atoms with Crippen LogP contribution >= 0.6 is 0 Å². The van der Waals surface area contributed by atoms with Gasteiger partial charge >= 0.3 is 0 Å². The smallest absolute Gasteiger partial charge is 0.158 e. The molecular formula is C17H18N4O2. The Hall–Kier alpha value is -2.89. The van der Waals surface area contributed by atoms with Crippen LogP contribution in [0.3, 0.4) is 0 Å². The predicted molar refractivity (Wildman–Crippen MR) is 90.6 cm³/mol. The van der Waals surface area contributed by atoms with Gasteiger partial charge in [-0.05, 0) is 19.1 Å². The molecule has 0 bridgehead atoms. The van der Waals surface area contributed by atoms with Gasteiger partial charge in [0.1, 0.15) is 5.76 Å². The van der Waals surface area contributed by atoms with Crippen LogP contribution in [0, 0.1) is 0 Å². The molecule has 2 aromatic rings. The predicted octanol–water partition coefficient (Wildman–Crippen LogP) is 3.15. The molecule has 0 saturated heterocycles. The van der Waals surface area contributed by atoms with E-state index in [-0.39, 0.29) is 0 Å². The summed E-state index contributed by atoms with van der Waals surface area (Å²) in [7, 11) is 3.77. The molecular weight excluding hydrogens is 292 g/mol. The Bertz CT molecular complexity index is 788. The van der Waals surface area contributed by atoms with Crippen molar-refractivity contribution in [1.29, 1.82) is 0 Å². The fourth-order valence-electron chi connectivity index (χ4n) is 2.85. The summed E-state index contributed by atoms with van der Waals surface area (Å²) in [5, 5.41) is 0. The van der Waals surface area contributed by atoms with Crippen LogP contribution in [-0.4, -0.2) is 37.0 Å². The van der Waals surface area contributed by atoms with Crippen LogP contribution in [-0.2, 0) is 4.74 Å². The number of nitrogens with zero attached hydrogens (tertiary/aromatic N) is 4. The molecule has 0 atom stereocenters. The summed E-state index contributed by atoms with van der Waals surface area (Å²) in [6, 6.07) is 3.57. The van der Waals surface area contributed by atoms with Crippen LogP contribution in [0.1, 0.15) is 22.8 Å². The highest BCUT2D eigenvalue weighted by atomic mass is 16.5. The van der Waals surface area contributed by atoms with E-state index in [0.29, 0.717) is 23.7 Å². The van der Waals surface area contributed by atoms with Crippen molar-refractivity contribution in [3.63, 3.8) is 0 Å². The number of carbonyl (C=O) groups excluding carboxylic acids is 1. The molecule has 3 heterocycles. The van der Waals surface area contributed by atoms with E-state index in [1.54, 1.807) is 18.5 Å². The summed E-state index contributed by atoms with van der Waals surface area (Å²) in [5.74, 6) is 2.01. The Morgan fingerprint density at radius 2 is 1.83 bits per heavy atom. The molecule has 0 unspecified atom stereocenters. The molecule has 118 valence electrons. The number of hydrogen-bond acceptors (Lipinski definition) is 6. The van der Waals surface area contributed by atoms with Crippen molar-refractivity contribution in [3.05, 3.63) is 42.2 Å². The molecule has 0 amide bonds. The first-order valence-electron chi connectivity index (χ1n) is 7.32. The quantitative estimate of drug-likeness (QED) is 0.639. The first-order chi connectivity index (χ1) is 11.1. The molecule has 2 aromatic heterocycles. The minimum Gasteiger partial charge on any atom is -0.494 e. The average Bonchev–Trinajstić information content (AvgIpc) is 2.58. The van der Waals surface area contributed by atoms with Crippen LogP contribution in [0.4, 0.5) is 23.0 Å². The number of anilines is 4. The third-order valence-corrected chi connectivity index (χ3v) is 3.89. The van der Waals surface area contributed by atoms with Crippen molar-refractivity contribution < 1.29 is 9.53 Å². The maximum atomic E-state index is 11.4. The molecule has 1 aliphatic heterocycles. The second-order valence-corrected chi connectivity index (χ2v) is 5.20. The Labute approximate surface area is 135 Å². The maximum Gasteiger partial charge on any atom is 0.158 e. The zero-order valence-electron chi connectivity index (χ0n) is 13.4. The van der Waals surface area contributed by atoms with Crippen molar-refractivity contribution in [2.45, 2.75) is 6.92 Å². The summed E-state index contributed by atoms with van der Waals surface area (Å²) in [6.45, 7) is 6.45. The minimum absolute atomic E-state index is 0.535. The van der Waals surface area contributed by atoms with E-state index in [0.717, 1.165) is 29.0 Å². The number of ether oxygens (including phenoxy) is 1. The monoisotopic (exact) mass is 310 g/mol. The Morgan fingerprint density at radius 3 is 2.48 bits per heavy atom. The molecule has 0 aromatic carbocycles. The van der Waals surface area contributed by atoms with E-state index >= 15 is 0 Å². The van der Waals surface area contributed by atoms with Gasteiger partial charge in [0.2, 0.25) is 0 Å². The number of pyridine rings is 2. The van der Waals surface area contributed by atoms with Gasteiger partial charge in [-0.3, -0.25) is 4.79 Å². The van der Waals surface area contributed by atoms with Gasteiger partial charge in [-0.1, -0.05) is 6.58 Å². The second kappa shape index (κ2) is 5.72. The average molecular weight is 310 g/mol. The van der Waals surface area contributed by atoms with Crippen LogP contribution in [0.25, 0.3) is 5.76 Å². The first-order valence-corrected chi connectivity index (χ1v) is 7.32. The minimum atomic E-state index is 0.535. The number of aldehydes is 1. The molecule has 23 heavy (non-hydrogen) atoms. The van der Waals surface area contributed by atoms with Crippen molar-refractivity contribution >= 4 is 35.1 Å². The molecule has 0 fully saturated rings. The highest BCUT2D eigenvalue weighted by Crippen LogP contribution is 2.47. The van der Waals surface area contributed by atoms with Crippen LogP contribution in [0.15, 0.2) is 31.1 Å². The number of hydrogen-bond donors (Lipinski definition) is 0. The summed E-state index contributed by atoms with van der Waals surface area (Å²) in [6.07, 6.45) is 4.18. The maximum absolute atomic E-state index is 11.4. The summed E-state index contributed by atoms with van der Waals surface area (Å²) in [5.41, 5.74) is 3.01. The number of carbonyl (C=O) groups is 1. The Balaban J connectivity index is 2.24. The standard InChI is InChI=1S/C17H18N4O2/c1-5-23-11(2)13-7-9-19-17-15(13)20(3)14-12(10-22)6-8-18-16(14)21(17)4/h6-10H,2,5H2,1,3-4H3. The number of aromatic nitrogens is 2. The highest BCUT2D eigenvalue weighted by molar-refractivity contribution is 6.00. The van der Waals surface area contributed by atoms with Crippen LogP contribution < -0.4 is 9.80 Å². The largest absolute Gasteiger partial charge is 0.494 e. The van der Waals surface area contributed by atoms with Crippen molar-refractivity contribution in [1.82, 2.24) is 9.97 Å². The van der Waals surface area contributed by atoms with Crippen LogP contribution in [0.5, 0.6) is 0 Å². The van der Waals surface area contributed by atoms with Gasteiger partial charge in [0.15, 0.2) is 17.9 Å². The van der Waals surface area contributed by atoms with Gasteiger partial charge in [-0.2, -0.15) is 0 Å². The van der Waals surface area contributed by atoms with Crippen molar-refractivity contribution in [2.24, 2.45) is 0 Å². The summed E-state index contributed by atoms with van der Waals surface area (Å²) >= 11 is 0. The van der Waals surface area contributed by atoms with E-state index in [2.05, 4.69) is 16.5 Å². The molecule has 6 heteroatoms. The first kappa shape index (κ1) is 15.0. The lowest BCUT2D eigenvalue weighted by Gasteiger charge is -2.36.